The smallest absolute Gasteiger partial charge is 0.226 e. The van der Waals surface area contributed by atoms with Crippen LogP contribution in [-0.4, -0.2) is 40.1 Å². The van der Waals surface area contributed by atoms with E-state index in [1.54, 1.807) is 6.26 Å². The molecule has 2 atom stereocenters. The highest BCUT2D eigenvalue weighted by atomic mass is 16.3. The lowest BCUT2D eigenvalue weighted by Crippen LogP contribution is -2.43. The Morgan fingerprint density at radius 3 is 2.75 bits per heavy atom. The van der Waals surface area contributed by atoms with E-state index in [-0.39, 0.29) is 17.7 Å². The third kappa shape index (κ3) is 3.13. The van der Waals surface area contributed by atoms with Crippen LogP contribution >= 0.6 is 0 Å². The van der Waals surface area contributed by atoms with Crippen molar-refractivity contribution in [2.75, 3.05) is 18.4 Å². The molecular formula is C18H22N4O2. The van der Waals surface area contributed by atoms with E-state index in [1.165, 1.54) is 0 Å². The third-order valence-corrected chi connectivity index (χ3v) is 4.97. The number of hydrogen-bond acceptors (Lipinski definition) is 5. The van der Waals surface area contributed by atoms with Crippen molar-refractivity contribution >= 4 is 11.7 Å². The van der Waals surface area contributed by atoms with Gasteiger partial charge < -0.3 is 14.6 Å². The van der Waals surface area contributed by atoms with Crippen LogP contribution in [0, 0.1) is 12.8 Å². The van der Waals surface area contributed by atoms with Gasteiger partial charge in [-0.15, -0.1) is 5.10 Å². The number of anilines is 1. The first-order chi connectivity index (χ1) is 11.7. The maximum Gasteiger partial charge on any atom is 0.226 e. The molecule has 0 unspecified atom stereocenters. The highest BCUT2D eigenvalue weighted by molar-refractivity contribution is 5.83. The quantitative estimate of drug-likeness (QED) is 0.935. The molecule has 2 aromatic heterocycles. The molecule has 1 aliphatic heterocycles. The molecule has 1 saturated heterocycles. The van der Waals surface area contributed by atoms with E-state index < -0.39 is 0 Å². The second-order valence-electron chi connectivity index (χ2n) is 6.77. The van der Waals surface area contributed by atoms with Crippen LogP contribution in [0.25, 0.3) is 0 Å². The fourth-order valence-corrected chi connectivity index (χ4v) is 3.45. The van der Waals surface area contributed by atoms with Crippen molar-refractivity contribution < 1.29 is 9.21 Å². The van der Waals surface area contributed by atoms with E-state index in [1.807, 2.05) is 36.1 Å². The predicted octanol–water partition coefficient (Wildman–Crippen LogP) is 2.58. The maximum absolute atomic E-state index is 12.6. The number of carbonyl (C=O) groups is 1. The van der Waals surface area contributed by atoms with Crippen LogP contribution in [0.2, 0.25) is 0 Å². The van der Waals surface area contributed by atoms with Gasteiger partial charge in [0.25, 0.3) is 0 Å². The first-order valence-corrected chi connectivity index (χ1v) is 8.60. The molecule has 6 nitrogen and oxygen atoms in total. The van der Waals surface area contributed by atoms with Crippen LogP contribution in [0.4, 0.5) is 5.82 Å². The van der Waals surface area contributed by atoms with Crippen molar-refractivity contribution in [1.29, 1.82) is 0 Å². The largest absolute Gasteiger partial charge is 0.469 e. The van der Waals surface area contributed by atoms with E-state index in [0.29, 0.717) is 6.04 Å². The summed E-state index contributed by atoms with van der Waals surface area (Å²) >= 11 is 0. The van der Waals surface area contributed by atoms with E-state index >= 15 is 0 Å². The minimum Gasteiger partial charge on any atom is -0.469 e. The summed E-state index contributed by atoms with van der Waals surface area (Å²) in [6, 6.07) is 8.12. The van der Waals surface area contributed by atoms with Gasteiger partial charge in [-0.1, -0.05) is 0 Å². The van der Waals surface area contributed by atoms with Crippen molar-refractivity contribution in [3.8, 4) is 0 Å². The van der Waals surface area contributed by atoms with E-state index in [4.69, 9.17) is 4.42 Å². The van der Waals surface area contributed by atoms with Gasteiger partial charge in [0, 0.05) is 31.0 Å². The predicted molar refractivity (Wildman–Crippen MR) is 89.5 cm³/mol. The number of furan rings is 1. The van der Waals surface area contributed by atoms with Gasteiger partial charge >= 0.3 is 0 Å². The number of piperidine rings is 1. The standard InChI is InChI=1S/C18H22N4O2/c1-12-4-5-17(21-20-12)19-13-6-8-22(9-7-13)18(23)15-11-14(15)16-3-2-10-24-16/h2-5,10,13-15H,6-9,11H2,1H3,(H,19,21)/t14-,15-/m0/s1. The molecule has 0 spiro atoms. The van der Waals surface area contributed by atoms with E-state index in [2.05, 4.69) is 15.5 Å². The maximum atomic E-state index is 12.6. The summed E-state index contributed by atoms with van der Waals surface area (Å²) in [7, 11) is 0. The molecule has 2 aromatic rings. The van der Waals surface area contributed by atoms with Gasteiger partial charge in [-0.2, -0.15) is 5.10 Å². The Bertz CT molecular complexity index is 690. The van der Waals surface area contributed by atoms with Crippen LogP contribution in [0.5, 0.6) is 0 Å². The van der Waals surface area contributed by atoms with Crippen molar-refractivity contribution in [3.63, 3.8) is 0 Å². The minimum atomic E-state index is 0.114. The lowest BCUT2D eigenvalue weighted by molar-refractivity contribution is -0.133. The Kier molecular flexibility index (Phi) is 3.96. The second kappa shape index (κ2) is 6.26. The Morgan fingerprint density at radius 2 is 2.08 bits per heavy atom. The Balaban J connectivity index is 1.27. The number of nitrogens with one attached hydrogen (secondary N) is 1. The van der Waals surface area contributed by atoms with Gasteiger partial charge in [0.1, 0.15) is 11.6 Å². The van der Waals surface area contributed by atoms with E-state index in [9.17, 15) is 4.79 Å². The molecule has 1 aliphatic carbocycles. The normalized spacial score (nSPS) is 24.0. The zero-order valence-electron chi connectivity index (χ0n) is 13.8. The number of rotatable bonds is 4. The van der Waals surface area contributed by atoms with Gasteiger partial charge in [-0.25, -0.2) is 0 Å². The molecule has 4 rings (SSSR count). The Morgan fingerprint density at radius 1 is 1.25 bits per heavy atom. The molecule has 0 bridgehead atoms. The number of amides is 1. The second-order valence-corrected chi connectivity index (χ2v) is 6.77. The van der Waals surface area contributed by atoms with Crippen LogP contribution in [0.3, 0.4) is 0 Å². The SMILES string of the molecule is Cc1ccc(NC2CCN(C(=O)[C@H]3C[C@@H]3c3ccco3)CC2)nn1. The lowest BCUT2D eigenvalue weighted by atomic mass is 10.0. The number of nitrogens with zero attached hydrogens (tertiary/aromatic N) is 3. The summed E-state index contributed by atoms with van der Waals surface area (Å²) in [6.45, 7) is 3.53. The summed E-state index contributed by atoms with van der Waals surface area (Å²) in [5.41, 5.74) is 0.913. The molecular weight excluding hydrogens is 304 g/mol. The molecule has 126 valence electrons. The number of aromatic nitrogens is 2. The summed E-state index contributed by atoms with van der Waals surface area (Å²) in [5.74, 6) is 2.44. The number of aryl methyl sites for hydroxylation is 1. The van der Waals surface area contributed by atoms with Crippen molar-refractivity contribution in [1.82, 2.24) is 15.1 Å². The molecule has 24 heavy (non-hydrogen) atoms. The molecule has 2 fully saturated rings. The lowest BCUT2D eigenvalue weighted by Gasteiger charge is -2.32. The topological polar surface area (TPSA) is 71.3 Å². The van der Waals surface area contributed by atoms with Crippen molar-refractivity contribution in [3.05, 3.63) is 42.0 Å². The third-order valence-electron chi connectivity index (χ3n) is 4.97. The molecule has 0 aromatic carbocycles. The Labute approximate surface area is 141 Å². The summed E-state index contributed by atoms with van der Waals surface area (Å²) in [5, 5.41) is 11.6. The highest BCUT2D eigenvalue weighted by Crippen LogP contribution is 2.48. The number of hydrogen-bond donors (Lipinski definition) is 1. The fourth-order valence-electron chi connectivity index (χ4n) is 3.45. The summed E-state index contributed by atoms with van der Waals surface area (Å²) < 4.78 is 5.42. The van der Waals surface area contributed by atoms with E-state index in [0.717, 1.165) is 49.6 Å². The average Bonchev–Trinajstić information content (AvgIpc) is 3.22. The van der Waals surface area contributed by atoms with Gasteiger partial charge in [-0.05, 0) is 50.5 Å². The van der Waals surface area contributed by atoms with Gasteiger partial charge in [0.2, 0.25) is 5.91 Å². The van der Waals surface area contributed by atoms with Crippen LogP contribution < -0.4 is 5.32 Å². The van der Waals surface area contributed by atoms with Crippen LogP contribution in [-0.2, 0) is 4.79 Å². The van der Waals surface area contributed by atoms with Gasteiger partial charge in [0.05, 0.1) is 12.0 Å². The van der Waals surface area contributed by atoms with Crippen LogP contribution in [0.15, 0.2) is 34.9 Å². The first kappa shape index (κ1) is 15.2. The van der Waals surface area contributed by atoms with Gasteiger partial charge in [0.15, 0.2) is 0 Å². The minimum absolute atomic E-state index is 0.114. The summed E-state index contributed by atoms with van der Waals surface area (Å²) in [6.07, 6.45) is 4.49. The Hall–Kier alpha value is -2.37. The summed E-state index contributed by atoms with van der Waals surface area (Å²) in [4.78, 5) is 14.6. The molecule has 1 amide bonds. The molecule has 1 N–H and O–H groups in total. The monoisotopic (exact) mass is 326 g/mol. The average molecular weight is 326 g/mol. The molecule has 2 aliphatic rings. The van der Waals surface area contributed by atoms with Crippen LogP contribution in [0.1, 0.15) is 36.6 Å². The fraction of sp³-hybridized carbons (Fsp3) is 0.500. The number of likely N-dealkylation sites (tertiary alicyclic amines) is 1. The highest BCUT2D eigenvalue weighted by Gasteiger charge is 2.47. The zero-order chi connectivity index (χ0) is 16.5. The molecule has 0 radical (unpaired) electrons. The van der Waals surface area contributed by atoms with Crippen molar-refractivity contribution in [2.45, 2.75) is 38.1 Å². The molecule has 1 saturated carbocycles. The zero-order valence-corrected chi connectivity index (χ0v) is 13.8. The van der Waals surface area contributed by atoms with Gasteiger partial charge in [-0.3, -0.25) is 4.79 Å². The van der Waals surface area contributed by atoms with Crippen molar-refractivity contribution in [2.24, 2.45) is 5.92 Å². The first-order valence-electron chi connectivity index (χ1n) is 8.60. The molecule has 6 heteroatoms. The molecule has 3 heterocycles. The number of carbonyl (C=O) groups excluding carboxylic acids is 1.